The van der Waals surface area contributed by atoms with Gasteiger partial charge in [-0.05, 0) is 12.1 Å². The van der Waals surface area contributed by atoms with E-state index in [0.717, 1.165) is 11.3 Å². The molecule has 0 radical (unpaired) electrons. The molecule has 0 saturated carbocycles. The number of para-hydroxylation sites is 1. The van der Waals surface area contributed by atoms with Gasteiger partial charge in [0.2, 0.25) is 11.5 Å². The van der Waals surface area contributed by atoms with Crippen LogP contribution in [0.2, 0.25) is 0 Å². The van der Waals surface area contributed by atoms with E-state index in [4.69, 9.17) is 4.74 Å². The average molecular weight is 161 g/mol. The molecule has 0 amide bonds. The summed E-state index contributed by atoms with van der Waals surface area (Å²) in [7, 11) is 0. The lowest BCUT2D eigenvalue weighted by atomic mass is 10.1. The molecule has 60 valence electrons. The molecule has 1 unspecified atom stereocenters. The lowest BCUT2D eigenvalue weighted by Gasteiger charge is -1.99. The minimum atomic E-state index is -0.677. The normalized spacial score (nSPS) is 30.2. The van der Waals surface area contributed by atoms with E-state index in [1.54, 1.807) is 0 Å². The van der Waals surface area contributed by atoms with Crippen LogP contribution >= 0.6 is 0 Å². The van der Waals surface area contributed by atoms with Gasteiger partial charge in [-0.15, -0.1) is 0 Å². The molecular weight excluding hydrogens is 154 g/mol. The molecule has 2 aliphatic heterocycles. The molecule has 1 fully saturated rings. The highest BCUT2D eigenvalue weighted by molar-refractivity contribution is 6.13. The molecule has 0 aromatic heterocycles. The second-order valence-corrected chi connectivity index (χ2v) is 3.12. The molecule has 2 heterocycles. The molecule has 1 saturated heterocycles. The Labute approximate surface area is 69.3 Å². The number of fused-ring (bicyclic) bond motifs is 1. The van der Waals surface area contributed by atoms with Gasteiger partial charge in [0.15, 0.2) is 0 Å². The lowest BCUT2D eigenvalue weighted by molar-refractivity contribution is 0.0910. The van der Waals surface area contributed by atoms with Gasteiger partial charge >= 0.3 is 0 Å². The Kier molecular flexibility index (Phi) is 0.875. The van der Waals surface area contributed by atoms with E-state index in [0.29, 0.717) is 6.61 Å². The first kappa shape index (κ1) is 6.20. The highest BCUT2D eigenvalue weighted by Gasteiger charge is 2.57. The highest BCUT2D eigenvalue weighted by atomic mass is 16.6. The third-order valence-electron chi connectivity index (χ3n) is 2.31. The number of ether oxygens (including phenoxy) is 1. The smallest absolute Gasteiger partial charge is 0.227 e. The summed E-state index contributed by atoms with van der Waals surface area (Å²) >= 11 is 0. The van der Waals surface area contributed by atoms with Gasteiger partial charge in [0, 0.05) is 11.3 Å². The average Bonchev–Trinajstić information content (AvgIpc) is 2.79. The Balaban J connectivity index is 2.19. The van der Waals surface area contributed by atoms with Gasteiger partial charge in [-0.1, -0.05) is 12.1 Å². The largest absolute Gasteiger partial charge is 0.349 e. The number of carbonyl (C=O) groups excluding carboxylic acids is 1. The zero-order valence-corrected chi connectivity index (χ0v) is 6.33. The van der Waals surface area contributed by atoms with Gasteiger partial charge < -0.3 is 10.1 Å². The number of nitrogens with one attached hydrogen (secondary N) is 1. The molecule has 1 spiro atoms. The van der Waals surface area contributed by atoms with Gasteiger partial charge in [0.1, 0.15) is 6.61 Å². The summed E-state index contributed by atoms with van der Waals surface area (Å²) in [4.78, 5) is 11.6. The van der Waals surface area contributed by atoms with E-state index < -0.39 is 5.72 Å². The number of hydrogen-bond acceptors (Lipinski definition) is 3. The number of rotatable bonds is 0. The summed E-state index contributed by atoms with van der Waals surface area (Å²) in [5.74, 6) is 0.0677. The van der Waals surface area contributed by atoms with Gasteiger partial charge in [0.25, 0.3) is 0 Å². The van der Waals surface area contributed by atoms with Crippen LogP contribution in [0.5, 0.6) is 0 Å². The Morgan fingerprint density at radius 2 is 2.17 bits per heavy atom. The van der Waals surface area contributed by atoms with Crippen molar-refractivity contribution < 1.29 is 9.53 Å². The van der Waals surface area contributed by atoms with Crippen molar-refractivity contribution in [3.63, 3.8) is 0 Å². The number of Topliss-reactive ketones (excluding diaryl/α,β-unsaturated/α-hetero) is 1. The van der Waals surface area contributed by atoms with Crippen molar-refractivity contribution in [3.8, 4) is 0 Å². The molecule has 0 aliphatic carbocycles. The van der Waals surface area contributed by atoms with E-state index in [2.05, 4.69) is 5.32 Å². The molecule has 1 aromatic carbocycles. The van der Waals surface area contributed by atoms with Gasteiger partial charge in [0.05, 0.1) is 0 Å². The lowest BCUT2D eigenvalue weighted by Crippen LogP contribution is -2.25. The third-order valence-corrected chi connectivity index (χ3v) is 2.31. The second kappa shape index (κ2) is 1.69. The van der Waals surface area contributed by atoms with E-state index in [1.807, 2.05) is 24.3 Å². The Hall–Kier alpha value is -1.35. The molecule has 2 aliphatic rings. The van der Waals surface area contributed by atoms with Crippen LogP contribution in [0.1, 0.15) is 10.4 Å². The Bertz CT molecular complexity index is 369. The summed E-state index contributed by atoms with van der Waals surface area (Å²) in [5.41, 5.74) is 0.957. The number of anilines is 1. The first-order chi connectivity index (χ1) is 5.82. The van der Waals surface area contributed by atoms with Crippen molar-refractivity contribution in [1.29, 1.82) is 0 Å². The summed E-state index contributed by atoms with van der Waals surface area (Å²) < 4.78 is 5.09. The predicted octanol–water partition coefficient (Wildman–Crippen LogP) is 1.02. The zero-order chi connectivity index (χ0) is 8.18. The van der Waals surface area contributed by atoms with Crippen molar-refractivity contribution >= 4 is 11.5 Å². The van der Waals surface area contributed by atoms with Crippen LogP contribution in [-0.4, -0.2) is 18.1 Å². The standard InChI is InChI=1S/C9H7NO2/c11-8-6-3-1-2-4-7(6)10-9(8)5-12-9/h1-4,10H,5H2. The van der Waals surface area contributed by atoms with E-state index >= 15 is 0 Å². The van der Waals surface area contributed by atoms with Crippen LogP contribution in [0.15, 0.2) is 24.3 Å². The van der Waals surface area contributed by atoms with Crippen molar-refractivity contribution in [2.24, 2.45) is 0 Å². The molecule has 1 N–H and O–H groups in total. The number of carbonyl (C=O) groups is 1. The fourth-order valence-electron chi connectivity index (χ4n) is 1.56. The summed E-state index contributed by atoms with van der Waals surface area (Å²) in [6.45, 7) is 0.501. The van der Waals surface area contributed by atoms with Gasteiger partial charge in [-0.2, -0.15) is 0 Å². The minimum Gasteiger partial charge on any atom is -0.349 e. The first-order valence-corrected chi connectivity index (χ1v) is 3.88. The molecule has 1 aromatic rings. The monoisotopic (exact) mass is 161 g/mol. The molecule has 3 nitrogen and oxygen atoms in total. The predicted molar refractivity (Wildman–Crippen MR) is 43.1 cm³/mol. The summed E-state index contributed by atoms with van der Waals surface area (Å²) in [5, 5.41) is 3.06. The van der Waals surface area contributed by atoms with Crippen molar-refractivity contribution in [1.82, 2.24) is 0 Å². The maximum Gasteiger partial charge on any atom is 0.227 e. The van der Waals surface area contributed by atoms with E-state index in [1.165, 1.54) is 0 Å². The van der Waals surface area contributed by atoms with Crippen LogP contribution in [-0.2, 0) is 4.74 Å². The van der Waals surface area contributed by atoms with Crippen molar-refractivity contribution in [3.05, 3.63) is 29.8 Å². The Morgan fingerprint density at radius 1 is 1.42 bits per heavy atom. The molecule has 0 bridgehead atoms. The fourth-order valence-corrected chi connectivity index (χ4v) is 1.56. The second-order valence-electron chi connectivity index (χ2n) is 3.12. The third kappa shape index (κ3) is 0.576. The number of hydrogen-bond donors (Lipinski definition) is 1. The van der Waals surface area contributed by atoms with Crippen molar-refractivity contribution in [2.45, 2.75) is 5.72 Å². The SMILES string of the molecule is O=C1c2ccccc2NC12CO2. The minimum absolute atomic E-state index is 0.0677. The summed E-state index contributed by atoms with van der Waals surface area (Å²) in [6.07, 6.45) is 0. The molecule has 3 rings (SSSR count). The molecule has 1 atom stereocenters. The number of benzene rings is 1. The van der Waals surface area contributed by atoms with Gasteiger partial charge in [-0.25, -0.2) is 0 Å². The first-order valence-electron chi connectivity index (χ1n) is 3.88. The molecular formula is C9H7NO2. The fraction of sp³-hybridized carbons (Fsp3) is 0.222. The van der Waals surface area contributed by atoms with Crippen molar-refractivity contribution in [2.75, 3.05) is 11.9 Å². The van der Waals surface area contributed by atoms with Gasteiger partial charge in [-0.3, -0.25) is 4.79 Å². The molecule has 3 heteroatoms. The molecule has 12 heavy (non-hydrogen) atoms. The Morgan fingerprint density at radius 3 is 2.83 bits per heavy atom. The topological polar surface area (TPSA) is 41.6 Å². The summed E-state index contributed by atoms with van der Waals surface area (Å²) in [6, 6.07) is 7.48. The quantitative estimate of drug-likeness (QED) is 0.577. The van der Waals surface area contributed by atoms with E-state index in [9.17, 15) is 4.79 Å². The number of epoxide rings is 1. The maximum atomic E-state index is 11.6. The van der Waals surface area contributed by atoms with Crippen LogP contribution in [0, 0.1) is 0 Å². The zero-order valence-electron chi connectivity index (χ0n) is 6.33. The number of ketones is 1. The highest BCUT2D eigenvalue weighted by Crippen LogP contribution is 2.40. The van der Waals surface area contributed by atoms with Crippen LogP contribution in [0.4, 0.5) is 5.69 Å². The van der Waals surface area contributed by atoms with Crippen LogP contribution in [0.3, 0.4) is 0 Å². The maximum absolute atomic E-state index is 11.6. The van der Waals surface area contributed by atoms with Crippen LogP contribution < -0.4 is 5.32 Å². The van der Waals surface area contributed by atoms with E-state index in [-0.39, 0.29) is 5.78 Å². The van der Waals surface area contributed by atoms with Crippen LogP contribution in [0.25, 0.3) is 0 Å².